The molecule has 0 radical (unpaired) electrons. The van der Waals surface area contributed by atoms with E-state index in [2.05, 4.69) is 15.3 Å². The number of amides is 1. The normalized spacial score (nSPS) is 10.2. The van der Waals surface area contributed by atoms with Crippen LogP contribution in [0.25, 0.3) is 0 Å². The van der Waals surface area contributed by atoms with Crippen LogP contribution in [0.15, 0.2) is 12.4 Å². The molecular formula is C9H13N3O. The van der Waals surface area contributed by atoms with E-state index in [0.717, 1.165) is 0 Å². The molecule has 0 aliphatic rings. The molecule has 1 aromatic heterocycles. The minimum atomic E-state index is -0.130. The van der Waals surface area contributed by atoms with Gasteiger partial charge in [-0.15, -0.1) is 0 Å². The number of carbonyl (C=O) groups is 1. The first-order valence-corrected chi connectivity index (χ1v) is 4.19. The summed E-state index contributed by atoms with van der Waals surface area (Å²) < 4.78 is 0. The SMILES string of the molecule is Cc1ncc(C(=O)NC(C)C)cn1. The molecule has 1 N–H and O–H groups in total. The molecule has 0 atom stereocenters. The fourth-order valence-electron chi connectivity index (χ4n) is 0.855. The maximum Gasteiger partial charge on any atom is 0.254 e. The molecule has 13 heavy (non-hydrogen) atoms. The van der Waals surface area contributed by atoms with Crippen LogP contribution in [0.2, 0.25) is 0 Å². The van der Waals surface area contributed by atoms with Crippen LogP contribution in [0.5, 0.6) is 0 Å². The van der Waals surface area contributed by atoms with Gasteiger partial charge in [-0.2, -0.15) is 0 Å². The Bertz CT molecular complexity index is 292. The van der Waals surface area contributed by atoms with Crippen molar-refractivity contribution in [3.05, 3.63) is 23.8 Å². The van der Waals surface area contributed by atoms with Crippen molar-refractivity contribution in [1.82, 2.24) is 15.3 Å². The Morgan fingerprint density at radius 2 is 1.92 bits per heavy atom. The van der Waals surface area contributed by atoms with Crippen molar-refractivity contribution in [1.29, 1.82) is 0 Å². The van der Waals surface area contributed by atoms with Gasteiger partial charge in [-0.3, -0.25) is 4.79 Å². The molecular weight excluding hydrogens is 166 g/mol. The number of nitrogens with one attached hydrogen (secondary N) is 1. The van der Waals surface area contributed by atoms with Crippen molar-refractivity contribution < 1.29 is 4.79 Å². The Kier molecular flexibility index (Phi) is 2.95. The van der Waals surface area contributed by atoms with Crippen LogP contribution in [0.3, 0.4) is 0 Å². The van der Waals surface area contributed by atoms with Gasteiger partial charge in [-0.1, -0.05) is 0 Å². The van der Waals surface area contributed by atoms with Gasteiger partial charge in [-0.25, -0.2) is 9.97 Å². The largest absolute Gasteiger partial charge is 0.350 e. The highest BCUT2D eigenvalue weighted by atomic mass is 16.1. The molecule has 1 rings (SSSR count). The minimum Gasteiger partial charge on any atom is -0.350 e. The fourth-order valence-corrected chi connectivity index (χ4v) is 0.855. The molecule has 0 fully saturated rings. The highest BCUT2D eigenvalue weighted by Crippen LogP contribution is 1.95. The molecule has 4 nitrogen and oxygen atoms in total. The predicted molar refractivity (Wildman–Crippen MR) is 49.4 cm³/mol. The summed E-state index contributed by atoms with van der Waals surface area (Å²) in [7, 11) is 0. The molecule has 0 bridgehead atoms. The molecule has 0 spiro atoms. The quantitative estimate of drug-likeness (QED) is 0.734. The number of aryl methyl sites for hydroxylation is 1. The number of nitrogens with zero attached hydrogens (tertiary/aromatic N) is 2. The third-order valence-corrected chi connectivity index (χ3v) is 1.46. The monoisotopic (exact) mass is 179 g/mol. The van der Waals surface area contributed by atoms with E-state index in [-0.39, 0.29) is 11.9 Å². The zero-order valence-corrected chi connectivity index (χ0v) is 8.03. The van der Waals surface area contributed by atoms with E-state index in [0.29, 0.717) is 11.4 Å². The smallest absolute Gasteiger partial charge is 0.254 e. The topological polar surface area (TPSA) is 54.9 Å². The summed E-state index contributed by atoms with van der Waals surface area (Å²) in [5.74, 6) is 0.538. The van der Waals surface area contributed by atoms with Crippen LogP contribution in [-0.2, 0) is 0 Å². The summed E-state index contributed by atoms with van der Waals surface area (Å²) >= 11 is 0. The summed E-state index contributed by atoms with van der Waals surface area (Å²) in [6.45, 7) is 5.60. The number of rotatable bonds is 2. The Hall–Kier alpha value is -1.45. The number of carbonyl (C=O) groups excluding carboxylic acids is 1. The summed E-state index contributed by atoms with van der Waals surface area (Å²) in [5.41, 5.74) is 0.499. The molecule has 70 valence electrons. The Balaban J connectivity index is 2.72. The number of hydrogen-bond donors (Lipinski definition) is 1. The average Bonchev–Trinajstić information content (AvgIpc) is 2.04. The molecule has 1 aromatic rings. The van der Waals surface area contributed by atoms with Gasteiger partial charge in [-0.05, 0) is 20.8 Å². The second-order valence-electron chi connectivity index (χ2n) is 3.15. The zero-order valence-electron chi connectivity index (χ0n) is 8.03. The average molecular weight is 179 g/mol. The van der Waals surface area contributed by atoms with Crippen molar-refractivity contribution in [2.75, 3.05) is 0 Å². The fraction of sp³-hybridized carbons (Fsp3) is 0.444. The predicted octanol–water partition coefficient (Wildman–Crippen LogP) is 0.923. The number of hydrogen-bond acceptors (Lipinski definition) is 3. The summed E-state index contributed by atoms with van der Waals surface area (Å²) in [6.07, 6.45) is 3.06. The summed E-state index contributed by atoms with van der Waals surface area (Å²) in [4.78, 5) is 19.2. The van der Waals surface area contributed by atoms with E-state index in [1.807, 2.05) is 13.8 Å². The Morgan fingerprint density at radius 3 is 2.38 bits per heavy atom. The lowest BCUT2D eigenvalue weighted by molar-refractivity contribution is 0.0942. The van der Waals surface area contributed by atoms with Gasteiger partial charge in [0.25, 0.3) is 5.91 Å². The highest BCUT2D eigenvalue weighted by Gasteiger charge is 2.06. The summed E-state index contributed by atoms with van der Waals surface area (Å²) in [6, 6.07) is 0.133. The summed E-state index contributed by atoms with van der Waals surface area (Å²) in [5, 5.41) is 2.76. The van der Waals surface area contributed by atoms with Crippen LogP contribution in [-0.4, -0.2) is 21.9 Å². The molecule has 1 heterocycles. The molecule has 0 saturated heterocycles. The molecule has 0 aliphatic carbocycles. The highest BCUT2D eigenvalue weighted by molar-refractivity contribution is 5.93. The van der Waals surface area contributed by atoms with Gasteiger partial charge in [0.2, 0.25) is 0 Å². The van der Waals surface area contributed by atoms with E-state index >= 15 is 0 Å². The van der Waals surface area contributed by atoms with Gasteiger partial charge in [0, 0.05) is 18.4 Å². The van der Waals surface area contributed by atoms with Crippen molar-refractivity contribution in [2.24, 2.45) is 0 Å². The van der Waals surface area contributed by atoms with Crippen molar-refractivity contribution in [3.8, 4) is 0 Å². The van der Waals surface area contributed by atoms with Gasteiger partial charge < -0.3 is 5.32 Å². The first kappa shape index (κ1) is 9.64. The second-order valence-corrected chi connectivity index (χ2v) is 3.15. The molecule has 0 unspecified atom stereocenters. The van der Waals surface area contributed by atoms with Gasteiger partial charge in [0.05, 0.1) is 5.56 Å². The number of aromatic nitrogens is 2. The van der Waals surface area contributed by atoms with Gasteiger partial charge >= 0.3 is 0 Å². The van der Waals surface area contributed by atoms with Gasteiger partial charge in [0.15, 0.2) is 0 Å². The molecule has 1 amide bonds. The Labute approximate surface area is 77.4 Å². The van der Waals surface area contributed by atoms with Crippen LogP contribution in [0, 0.1) is 6.92 Å². The second kappa shape index (κ2) is 3.98. The first-order chi connectivity index (χ1) is 6.09. The minimum absolute atomic E-state index is 0.130. The van der Waals surface area contributed by atoms with E-state index in [4.69, 9.17) is 0 Å². The lowest BCUT2D eigenvalue weighted by atomic mass is 10.3. The van der Waals surface area contributed by atoms with Gasteiger partial charge in [0.1, 0.15) is 5.82 Å². The van der Waals surface area contributed by atoms with E-state index < -0.39 is 0 Å². The molecule has 0 aromatic carbocycles. The van der Waals surface area contributed by atoms with Crippen molar-refractivity contribution >= 4 is 5.91 Å². The third-order valence-electron chi connectivity index (χ3n) is 1.46. The standard InChI is InChI=1S/C9H13N3O/c1-6(2)12-9(13)8-4-10-7(3)11-5-8/h4-6H,1-3H3,(H,12,13). The van der Waals surface area contributed by atoms with E-state index in [1.165, 1.54) is 12.4 Å². The van der Waals surface area contributed by atoms with Crippen LogP contribution >= 0.6 is 0 Å². The molecule has 4 heteroatoms. The third kappa shape index (κ3) is 2.82. The van der Waals surface area contributed by atoms with Crippen molar-refractivity contribution in [2.45, 2.75) is 26.8 Å². The van der Waals surface area contributed by atoms with Crippen LogP contribution in [0.4, 0.5) is 0 Å². The van der Waals surface area contributed by atoms with Crippen LogP contribution < -0.4 is 5.32 Å². The Morgan fingerprint density at radius 1 is 1.38 bits per heavy atom. The lowest BCUT2D eigenvalue weighted by Crippen LogP contribution is -2.30. The van der Waals surface area contributed by atoms with Crippen molar-refractivity contribution in [3.63, 3.8) is 0 Å². The lowest BCUT2D eigenvalue weighted by Gasteiger charge is -2.07. The van der Waals surface area contributed by atoms with E-state index in [9.17, 15) is 4.79 Å². The maximum absolute atomic E-state index is 11.4. The molecule has 0 saturated carbocycles. The molecule has 0 aliphatic heterocycles. The first-order valence-electron chi connectivity index (χ1n) is 4.19. The van der Waals surface area contributed by atoms with E-state index in [1.54, 1.807) is 6.92 Å². The zero-order chi connectivity index (χ0) is 9.84. The van der Waals surface area contributed by atoms with Crippen LogP contribution in [0.1, 0.15) is 30.0 Å². The maximum atomic E-state index is 11.4.